The van der Waals surface area contributed by atoms with Gasteiger partial charge in [0.25, 0.3) is 5.91 Å². The third kappa shape index (κ3) is 4.74. The molecule has 1 aliphatic heterocycles. The lowest BCUT2D eigenvalue weighted by Gasteiger charge is -2.38. The Morgan fingerprint density at radius 1 is 0.943 bits per heavy atom. The quantitative estimate of drug-likeness (QED) is 0.381. The number of amides is 1. The second kappa shape index (κ2) is 10.4. The molecule has 3 aromatic rings. The first kappa shape index (κ1) is 24.0. The Bertz CT molecular complexity index is 1310. The molecule has 0 saturated carbocycles. The lowest BCUT2D eigenvalue weighted by molar-refractivity contribution is -0.113. The maximum Gasteiger partial charge on any atom is 0.338 e. The molecule has 0 aromatic heterocycles. The van der Waals surface area contributed by atoms with Crippen LogP contribution < -0.4 is 20.3 Å². The van der Waals surface area contributed by atoms with Gasteiger partial charge in [-0.1, -0.05) is 48.5 Å². The van der Waals surface area contributed by atoms with Gasteiger partial charge in [-0.3, -0.25) is 9.69 Å². The number of para-hydroxylation sites is 3. The molecule has 1 amide bonds. The molecule has 0 aliphatic carbocycles. The molecule has 1 aliphatic rings. The molecule has 1 unspecified atom stereocenters. The van der Waals surface area contributed by atoms with E-state index in [-0.39, 0.29) is 5.91 Å². The van der Waals surface area contributed by atoms with Crippen molar-refractivity contribution in [3.63, 3.8) is 0 Å². The number of methoxy groups -OCH3 is 2. The summed E-state index contributed by atoms with van der Waals surface area (Å²) in [7, 11) is 2.87. The van der Waals surface area contributed by atoms with Gasteiger partial charge in [-0.2, -0.15) is 0 Å². The molecule has 4 rings (SSSR count). The first-order valence-electron chi connectivity index (χ1n) is 10.9. The van der Waals surface area contributed by atoms with Crippen molar-refractivity contribution in [2.45, 2.75) is 13.0 Å². The zero-order valence-electron chi connectivity index (χ0n) is 19.6. The zero-order valence-corrected chi connectivity index (χ0v) is 20.4. The number of nitrogens with one attached hydrogen (secondary N) is 2. The van der Waals surface area contributed by atoms with Crippen molar-refractivity contribution in [3.05, 3.63) is 101 Å². The zero-order chi connectivity index (χ0) is 24.9. The molecule has 1 atom stereocenters. The number of benzene rings is 3. The predicted octanol–water partition coefficient (Wildman–Crippen LogP) is 4.83. The van der Waals surface area contributed by atoms with Crippen LogP contribution in [0.3, 0.4) is 0 Å². The molecule has 3 aromatic carbocycles. The number of anilines is 2. The van der Waals surface area contributed by atoms with Crippen LogP contribution in [0.15, 0.2) is 90.1 Å². The van der Waals surface area contributed by atoms with Gasteiger partial charge in [0, 0.05) is 11.4 Å². The summed E-state index contributed by atoms with van der Waals surface area (Å²) in [6.07, 6.45) is 0. The van der Waals surface area contributed by atoms with Crippen LogP contribution in [0, 0.1) is 0 Å². The van der Waals surface area contributed by atoms with Crippen LogP contribution in [-0.4, -0.2) is 31.2 Å². The first-order valence-corrected chi connectivity index (χ1v) is 11.3. The molecule has 0 saturated heterocycles. The van der Waals surface area contributed by atoms with Gasteiger partial charge >= 0.3 is 5.97 Å². The standard InChI is InChI=1S/C27H25N3O4S/c1-17-23(25(31)28-21-15-9-10-16-22(21)33-2)24(19-13-7-8-14-20(19)26(32)34-3)29-27(35)30(17)18-11-5-4-6-12-18/h4-16,24H,1-3H3,(H,28,31)(H,29,35). The first-order chi connectivity index (χ1) is 17.0. The van der Waals surface area contributed by atoms with Crippen molar-refractivity contribution in [2.75, 3.05) is 24.4 Å². The Hall–Kier alpha value is -4.17. The summed E-state index contributed by atoms with van der Waals surface area (Å²) in [5.74, 6) is -0.321. The van der Waals surface area contributed by atoms with Crippen LogP contribution in [0.1, 0.15) is 28.9 Å². The third-order valence-electron chi connectivity index (χ3n) is 5.78. The van der Waals surface area contributed by atoms with Gasteiger partial charge in [0.05, 0.1) is 37.1 Å². The smallest absolute Gasteiger partial charge is 0.338 e. The van der Waals surface area contributed by atoms with E-state index < -0.39 is 12.0 Å². The van der Waals surface area contributed by atoms with Gasteiger partial charge in [-0.25, -0.2) is 4.79 Å². The van der Waals surface area contributed by atoms with Crippen LogP contribution in [-0.2, 0) is 9.53 Å². The number of allylic oxidation sites excluding steroid dienone is 1. The average Bonchev–Trinajstić information content (AvgIpc) is 2.88. The number of carbonyl (C=O) groups is 2. The highest BCUT2D eigenvalue weighted by atomic mass is 32.1. The van der Waals surface area contributed by atoms with E-state index in [0.29, 0.717) is 38.9 Å². The van der Waals surface area contributed by atoms with E-state index in [1.807, 2.05) is 54.3 Å². The van der Waals surface area contributed by atoms with Crippen molar-refractivity contribution in [1.29, 1.82) is 0 Å². The minimum absolute atomic E-state index is 0.346. The van der Waals surface area contributed by atoms with Crippen LogP contribution in [0.25, 0.3) is 0 Å². The molecule has 178 valence electrons. The van der Waals surface area contributed by atoms with E-state index in [2.05, 4.69) is 10.6 Å². The Morgan fingerprint density at radius 3 is 2.31 bits per heavy atom. The van der Waals surface area contributed by atoms with Gasteiger partial charge < -0.3 is 20.1 Å². The Balaban J connectivity index is 1.87. The maximum absolute atomic E-state index is 13.8. The Morgan fingerprint density at radius 2 is 1.60 bits per heavy atom. The molecule has 8 heteroatoms. The minimum Gasteiger partial charge on any atom is -0.495 e. The molecule has 0 spiro atoms. The number of ether oxygens (including phenoxy) is 2. The number of hydrogen-bond donors (Lipinski definition) is 2. The average molecular weight is 488 g/mol. The maximum atomic E-state index is 13.8. The van der Waals surface area contributed by atoms with E-state index in [4.69, 9.17) is 21.7 Å². The fourth-order valence-corrected chi connectivity index (χ4v) is 4.50. The lowest BCUT2D eigenvalue weighted by Crippen LogP contribution is -2.48. The van der Waals surface area contributed by atoms with Crippen molar-refractivity contribution >= 4 is 40.6 Å². The Labute approximate surface area is 209 Å². The second-order valence-electron chi connectivity index (χ2n) is 7.79. The van der Waals surface area contributed by atoms with E-state index in [9.17, 15) is 9.59 Å². The summed E-state index contributed by atoms with van der Waals surface area (Å²) in [5, 5.41) is 6.65. The van der Waals surface area contributed by atoms with E-state index >= 15 is 0 Å². The van der Waals surface area contributed by atoms with Crippen molar-refractivity contribution in [1.82, 2.24) is 5.32 Å². The van der Waals surface area contributed by atoms with Crippen molar-refractivity contribution in [3.8, 4) is 5.75 Å². The number of carbonyl (C=O) groups excluding carboxylic acids is 2. The highest BCUT2D eigenvalue weighted by Crippen LogP contribution is 2.36. The fourth-order valence-electron chi connectivity index (χ4n) is 4.14. The third-order valence-corrected chi connectivity index (χ3v) is 6.08. The van der Waals surface area contributed by atoms with Crippen LogP contribution >= 0.6 is 12.2 Å². The molecule has 0 radical (unpaired) electrons. The molecule has 35 heavy (non-hydrogen) atoms. The number of hydrogen-bond acceptors (Lipinski definition) is 5. The molecule has 2 N–H and O–H groups in total. The van der Waals surface area contributed by atoms with Crippen LogP contribution in [0.5, 0.6) is 5.75 Å². The highest BCUT2D eigenvalue weighted by Gasteiger charge is 2.36. The summed E-state index contributed by atoms with van der Waals surface area (Å²) in [4.78, 5) is 28.2. The largest absolute Gasteiger partial charge is 0.495 e. The summed E-state index contributed by atoms with van der Waals surface area (Å²) in [6.45, 7) is 1.84. The van der Waals surface area contributed by atoms with E-state index in [1.165, 1.54) is 7.11 Å². The minimum atomic E-state index is -0.688. The lowest BCUT2D eigenvalue weighted by atomic mass is 9.90. The van der Waals surface area contributed by atoms with Gasteiger partial charge in [-0.15, -0.1) is 0 Å². The molecule has 0 fully saturated rings. The normalized spacial score (nSPS) is 15.3. The second-order valence-corrected chi connectivity index (χ2v) is 8.17. The highest BCUT2D eigenvalue weighted by molar-refractivity contribution is 7.80. The molecule has 7 nitrogen and oxygen atoms in total. The fraction of sp³-hybridized carbons (Fsp3) is 0.148. The molecule has 0 bridgehead atoms. The number of thiocarbonyl (C=S) groups is 1. The van der Waals surface area contributed by atoms with Crippen molar-refractivity contribution in [2.24, 2.45) is 0 Å². The van der Waals surface area contributed by atoms with E-state index in [0.717, 1.165) is 5.69 Å². The molecular weight excluding hydrogens is 462 g/mol. The monoisotopic (exact) mass is 487 g/mol. The molecular formula is C27H25N3O4S. The Kier molecular flexibility index (Phi) is 7.12. The SMILES string of the molecule is COC(=O)c1ccccc1C1NC(=S)N(c2ccccc2)C(C)=C1C(=O)Nc1ccccc1OC. The summed E-state index contributed by atoms with van der Waals surface area (Å²) in [5.41, 5.74) is 3.31. The number of rotatable bonds is 6. The predicted molar refractivity (Wildman–Crippen MR) is 140 cm³/mol. The van der Waals surface area contributed by atoms with Gasteiger partial charge in [0.1, 0.15) is 5.75 Å². The van der Waals surface area contributed by atoms with Gasteiger partial charge in [-0.05, 0) is 55.0 Å². The topological polar surface area (TPSA) is 79.9 Å². The number of esters is 1. The number of nitrogens with zero attached hydrogens (tertiary/aromatic N) is 1. The summed E-state index contributed by atoms with van der Waals surface area (Å²) < 4.78 is 10.4. The summed E-state index contributed by atoms with van der Waals surface area (Å²) >= 11 is 5.72. The van der Waals surface area contributed by atoms with Crippen LogP contribution in [0.2, 0.25) is 0 Å². The van der Waals surface area contributed by atoms with Gasteiger partial charge in [0.15, 0.2) is 5.11 Å². The van der Waals surface area contributed by atoms with E-state index in [1.54, 1.807) is 43.5 Å². The molecule has 1 heterocycles. The summed E-state index contributed by atoms with van der Waals surface area (Å²) in [6, 6.07) is 23.0. The van der Waals surface area contributed by atoms with Gasteiger partial charge in [0.2, 0.25) is 0 Å². The van der Waals surface area contributed by atoms with Crippen molar-refractivity contribution < 1.29 is 19.1 Å². The van der Waals surface area contributed by atoms with Crippen LogP contribution in [0.4, 0.5) is 11.4 Å².